The zero-order chi connectivity index (χ0) is 14.9. The molecule has 0 spiro atoms. The minimum Gasteiger partial charge on any atom is -0.440 e. The summed E-state index contributed by atoms with van der Waals surface area (Å²) in [7, 11) is 0. The van der Waals surface area contributed by atoms with Gasteiger partial charge in [-0.1, -0.05) is 30.3 Å². The average Bonchev–Trinajstić information content (AvgIpc) is 3.07. The van der Waals surface area contributed by atoms with Crippen molar-refractivity contribution in [3.63, 3.8) is 0 Å². The number of carbonyl (C=O) groups is 1. The first-order chi connectivity index (χ1) is 10.8. The predicted octanol–water partition coefficient (Wildman–Crippen LogP) is 2.17. The minimum atomic E-state index is -0.207. The summed E-state index contributed by atoms with van der Waals surface area (Å²) in [5.74, 6) is 0.536. The number of piperidine rings is 3. The zero-order valence-corrected chi connectivity index (χ0v) is 12.4. The van der Waals surface area contributed by atoms with E-state index >= 15 is 0 Å². The molecule has 1 amide bonds. The van der Waals surface area contributed by atoms with E-state index in [1.807, 2.05) is 30.3 Å². The highest BCUT2D eigenvalue weighted by Gasteiger charge is 2.35. The number of rotatable bonds is 3. The SMILES string of the molecule is O=C(N[C@H]1CN2CCC1CC2)c1nc(-c2ccccc2)co1. The maximum Gasteiger partial charge on any atom is 0.307 e. The van der Waals surface area contributed by atoms with Crippen LogP contribution in [-0.4, -0.2) is 41.5 Å². The van der Waals surface area contributed by atoms with Crippen LogP contribution < -0.4 is 5.32 Å². The molecule has 2 bridgehead atoms. The molecule has 114 valence electrons. The standard InChI is InChI=1S/C17H19N3O2/c21-16(18-14-10-20-8-6-13(14)7-9-20)17-19-15(11-22-17)12-4-2-1-3-5-12/h1-5,11,13-14H,6-10H2,(H,18,21)/t14-/m0/s1. The first kappa shape index (κ1) is 13.5. The lowest BCUT2D eigenvalue weighted by atomic mass is 9.84. The summed E-state index contributed by atoms with van der Waals surface area (Å²) in [6.07, 6.45) is 3.89. The Labute approximate surface area is 129 Å². The first-order valence-corrected chi connectivity index (χ1v) is 7.84. The van der Waals surface area contributed by atoms with Crippen LogP contribution >= 0.6 is 0 Å². The van der Waals surface area contributed by atoms with Crippen molar-refractivity contribution in [2.24, 2.45) is 5.92 Å². The second kappa shape index (κ2) is 5.57. The van der Waals surface area contributed by atoms with E-state index in [-0.39, 0.29) is 17.8 Å². The van der Waals surface area contributed by atoms with Gasteiger partial charge in [-0.2, -0.15) is 0 Å². The highest BCUT2D eigenvalue weighted by molar-refractivity contribution is 5.90. The molecule has 5 rings (SSSR count). The lowest BCUT2D eigenvalue weighted by molar-refractivity contribution is 0.0602. The van der Waals surface area contributed by atoms with E-state index in [1.165, 1.54) is 12.8 Å². The second-order valence-corrected chi connectivity index (χ2v) is 6.12. The molecule has 3 aliphatic rings. The molecule has 0 radical (unpaired) electrons. The van der Waals surface area contributed by atoms with Gasteiger partial charge in [0.2, 0.25) is 0 Å². The number of nitrogens with zero attached hydrogens (tertiary/aromatic N) is 2. The lowest BCUT2D eigenvalue weighted by Crippen LogP contribution is -2.57. The highest BCUT2D eigenvalue weighted by atomic mass is 16.4. The Balaban J connectivity index is 1.46. The molecule has 5 heteroatoms. The van der Waals surface area contributed by atoms with Crippen LogP contribution in [0.1, 0.15) is 23.5 Å². The molecular weight excluding hydrogens is 278 g/mol. The van der Waals surface area contributed by atoms with Crippen molar-refractivity contribution in [1.29, 1.82) is 0 Å². The second-order valence-electron chi connectivity index (χ2n) is 6.12. The van der Waals surface area contributed by atoms with Crippen LogP contribution in [0.2, 0.25) is 0 Å². The summed E-state index contributed by atoms with van der Waals surface area (Å²) in [4.78, 5) is 19.1. The van der Waals surface area contributed by atoms with Crippen molar-refractivity contribution in [3.05, 3.63) is 42.5 Å². The Kier molecular flexibility index (Phi) is 3.42. The molecule has 0 saturated carbocycles. The third-order valence-corrected chi connectivity index (χ3v) is 4.74. The molecule has 0 unspecified atom stereocenters. The predicted molar refractivity (Wildman–Crippen MR) is 82.4 cm³/mol. The number of benzene rings is 1. The average molecular weight is 297 g/mol. The highest BCUT2D eigenvalue weighted by Crippen LogP contribution is 2.27. The molecule has 3 aliphatic heterocycles. The summed E-state index contributed by atoms with van der Waals surface area (Å²) in [5.41, 5.74) is 1.65. The molecule has 3 fully saturated rings. The van der Waals surface area contributed by atoms with Gasteiger partial charge in [0.1, 0.15) is 12.0 Å². The molecule has 1 N–H and O–H groups in total. The number of hydrogen-bond donors (Lipinski definition) is 1. The Morgan fingerprint density at radius 3 is 2.68 bits per heavy atom. The van der Waals surface area contributed by atoms with Gasteiger partial charge in [-0.25, -0.2) is 4.98 Å². The molecule has 0 aliphatic carbocycles. The summed E-state index contributed by atoms with van der Waals surface area (Å²) >= 11 is 0. The third-order valence-electron chi connectivity index (χ3n) is 4.74. The number of oxazole rings is 1. The maximum atomic E-state index is 12.3. The van der Waals surface area contributed by atoms with Crippen LogP contribution in [-0.2, 0) is 0 Å². The van der Waals surface area contributed by atoms with Gasteiger partial charge in [-0.3, -0.25) is 4.79 Å². The lowest BCUT2D eigenvalue weighted by Gasteiger charge is -2.44. The molecule has 5 nitrogen and oxygen atoms in total. The van der Waals surface area contributed by atoms with Gasteiger partial charge in [-0.05, 0) is 31.8 Å². The van der Waals surface area contributed by atoms with Crippen LogP contribution in [0, 0.1) is 5.92 Å². The first-order valence-electron chi connectivity index (χ1n) is 7.84. The van der Waals surface area contributed by atoms with Crippen LogP contribution in [0.5, 0.6) is 0 Å². The van der Waals surface area contributed by atoms with E-state index in [0.29, 0.717) is 11.6 Å². The van der Waals surface area contributed by atoms with E-state index in [4.69, 9.17) is 4.42 Å². The smallest absolute Gasteiger partial charge is 0.307 e. The fourth-order valence-corrected chi connectivity index (χ4v) is 3.48. The van der Waals surface area contributed by atoms with Gasteiger partial charge in [0.05, 0.1) is 0 Å². The number of nitrogens with one attached hydrogen (secondary N) is 1. The fraction of sp³-hybridized carbons (Fsp3) is 0.412. The van der Waals surface area contributed by atoms with Crippen molar-refractivity contribution in [2.45, 2.75) is 18.9 Å². The van der Waals surface area contributed by atoms with Gasteiger partial charge in [0.25, 0.3) is 5.89 Å². The zero-order valence-electron chi connectivity index (χ0n) is 12.4. The Morgan fingerprint density at radius 1 is 1.23 bits per heavy atom. The van der Waals surface area contributed by atoms with Gasteiger partial charge in [-0.15, -0.1) is 0 Å². The topological polar surface area (TPSA) is 58.4 Å². The molecule has 1 aromatic carbocycles. The van der Waals surface area contributed by atoms with Crippen molar-refractivity contribution in [2.75, 3.05) is 19.6 Å². The van der Waals surface area contributed by atoms with Gasteiger partial charge in [0, 0.05) is 18.2 Å². The van der Waals surface area contributed by atoms with E-state index < -0.39 is 0 Å². The number of fused-ring (bicyclic) bond motifs is 3. The van der Waals surface area contributed by atoms with Crippen LogP contribution in [0.15, 0.2) is 41.0 Å². The summed E-state index contributed by atoms with van der Waals surface area (Å²) in [5, 5.41) is 3.09. The van der Waals surface area contributed by atoms with E-state index in [2.05, 4.69) is 15.2 Å². The van der Waals surface area contributed by atoms with Crippen molar-refractivity contribution < 1.29 is 9.21 Å². The van der Waals surface area contributed by atoms with E-state index in [9.17, 15) is 4.79 Å². The van der Waals surface area contributed by atoms with Gasteiger partial charge in [0.15, 0.2) is 0 Å². The fourth-order valence-electron chi connectivity index (χ4n) is 3.48. The normalized spacial score (nSPS) is 26.8. The van der Waals surface area contributed by atoms with E-state index in [1.54, 1.807) is 6.26 Å². The molecule has 22 heavy (non-hydrogen) atoms. The monoisotopic (exact) mass is 297 g/mol. The van der Waals surface area contributed by atoms with Crippen LogP contribution in [0.25, 0.3) is 11.3 Å². The maximum absolute atomic E-state index is 12.3. The molecule has 1 atom stereocenters. The van der Waals surface area contributed by atoms with Crippen molar-refractivity contribution in [3.8, 4) is 11.3 Å². The van der Waals surface area contributed by atoms with Crippen molar-refractivity contribution in [1.82, 2.24) is 15.2 Å². The minimum absolute atomic E-state index is 0.148. The Morgan fingerprint density at radius 2 is 2.00 bits per heavy atom. The quantitative estimate of drug-likeness (QED) is 0.943. The van der Waals surface area contributed by atoms with Crippen LogP contribution in [0.3, 0.4) is 0 Å². The van der Waals surface area contributed by atoms with Crippen LogP contribution in [0.4, 0.5) is 0 Å². The summed E-state index contributed by atoms with van der Waals surface area (Å²) in [6, 6.07) is 9.96. The van der Waals surface area contributed by atoms with E-state index in [0.717, 1.165) is 25.2 Å². The van der Waals surface area contributed by atoms with Gasteiger partial charge >= 0.3 is 5.91 Å². The molecule has 2 aromatic rings. The number of amides is 1. The summed E-state index contributed by atoms with van der Waals surface area (Å²) < 4.78 is 5.37. The Hall–Kier alpha value is -2.14. The molecule has 4 heterocycles. The molecule has 1 aromatic heterocycles. The van der Waals surface area contributed by atoms with Crippen molar-refractivity contribution >= 4 is 5.91 Å². The molecular formula is C17H19N3O2. The Bertz CT molecular complexity index is 660. The summed E-state index contributed by atoms with van der Waals surface area (Å²) in [6.45, 7) is 3.27. The largest absolute Gasteiger partial charge is 0.440 e. The third kappa shape index (κ3) is 2.52. The molecule has 3 saturated heterocycles. The van der Waals surface area contributed by atoms with Gasteiger partial charge < -0.3 is 14.6 Å². The number of carbonyl (C=O) groups excluding carboxylic acids is 1. The number of hydrogen-bond acceptors (Lipinski definition) is 4. The number of aromatic nitrogens is 1.